The molecule has 13 heteroatoms. The van der Waals surface area contributed by atoms with Gasteiger partial charge in [-0.2, -0.15) is 18.6 Å². The minimum Gasteiger partial charge on any atom is -0.870 e. The first-order chi connectivity index (χ1) is 18.5. The topological polar surface area (TPSA) is 140 Å². The van der Waals surface area contributed by atoms with Gasteiger partial charge < -0.3 is 15.2 Å². The third-order valence-corrected chi connectivity index (χ3v) is 7.18. The Labute approximate surface area is 263 Å². The number of hydrogen-bond donors (Lipinski definition) is 2. The zero-order chi connectivity index (χ0) is 28.3. The molecular formula is C27H22Cl2N3NaO6S. The Morgan fingerprint density at radius 3 is 2.42 bits per heavy atom. The monoisotopic (exact) mass is 609 g/mol. The number of benzene rings is 4. The molecule has 1 amide bonds. The van der Waals surface area contributed by atoms with Crippen LogP contribution in [0.25, 0.3) is 10.8 Å². The van der Waals surface area contributed by atoms with E-state index in [4.69, 9.17) is 27.9 Å². The summed E-state index contributed by atoms with van der Waals surface area (Å²) in [5, 5.41) is 25.7. The molecule has 0 atom stereocenters. The Kier molecular flexibility index (Phi) is 10.6. The first-order valence-corrected chi connectivity index (χ1v) is 13.9. The molecule has 0 saturated carbocycles. The average Bonchev–Trinajstić information content (AvgIpc) is 2.88. The number of ether oxygens (including phenoxy) is 1. The maximum Gasteiger partial charge on any atom is 1.00 e. The minimum atomic E-state index is -4.59. The van der Waals surface area contributed by atoms with Crippen molar-refractivity contribution >= 4 is 67.1 Å². The van der Waals surface area contributed by atoms with Crippen LogP contribution in [-0.4, -0.2) is 25.5 Å². The second-order valence-electron chi connectivity index (χ2n) is 8.29. The van der Waals surface area contributed by atoms with Crippen molar-refractivity contribution in [3.63, 3.8) is 0 Å². The van der Waals surface area contributed by atoms with E-state index in [-0.39, 0.29) is 63.5 Å². The second kappa shape index (κ2) is 13.3. The van der Waals surface area contributed by atoms with E-state index < -0.39 is 26.7 Å². The van der Waals surface area contributed by atoms with Gasteiger partial charge in [-0.05, 0) is 55.1 Å². The Morgan fingerprint density at radius 1 is 1.05 bits per heavy atom. The first kappa shape index (κ1) is 31.8. The van der Waals surface area contributed by atoms with Crippen molar-refractivity contribution < 1.29 is 57.2 Å². The van der Waals surface area contributed by atoms with E-state index >= 15 is 0 Å². The summed E-state index contributed by atoms with van der Waals surface area (Å²) in [6.07, 6.45) is 0.179. The smallest absolute Gasteiger partial charge is 0.870 e. The van der Waals surface area contributed by atoms with E-state index in [0.29, 0.717) is 33.8 Å². The molecule has 4 aromatic carbocycles. The molecule has 0 heterocycles. The predicted molar refractivity (Wildman–Crippen MR) is 149 cm³/mol. The third kappa shape index (κ3) is 6.95. The van der Waals surface area contributed by atoms with Crippen molar-refractivity contribution in [2.45, 2.75) is 25.2 Å². The molecule has 4 rings (SSSR count). The summed E-state index contributed by atoms with van der Waals surface area (Å²) in [6.45, 7) is 3.91. The number of carbonyl (C=O) groups excluding carboxylic acids is 1. The van der Waals surface area contributed by atoms with Crippen LogP contribution < -0.4 is 44.7 Å². The molecule has 4 aromatic rings. The maximum atomic E-state index is 13.5. The predicted octanol–water partition coefficient (Wildman–Crippen LogP) is 4.10. The number of nitrogens with one attached hydrogen (secondary N) is 1. The van der Waals surface area contributed by atoms with Gasteiger partial charge in [0.2, 0.25) is 0 Å². The first-order valence-electron chi connectivity index (χ1n) is 11.7. The third-order valence-electron chi connectivity index (χ3n) is 5.75. The molecule has 0 aromatic heterocycles. The number of anilines is 1. The molecule has 0 saturated heterocycles. The average molecular weight is 610 g/mol. The fourth-order valence-corrected chi connectivity index (χ4v) is 5.35. The van der Waals surface area contributed by atoms with Crippen LogP contribution in [0.5, 0.6) is 11.5 Å². The van der Waals surface area contributed by atoms with E-state index in [9.17, 15) is 22.9 Å². The van der Waals surface area contributed by atoms with Gasteiger partial charge in [0, 0.05) is 27.2 Å². The van der Waals surface area contributed by atoms with Crippen LogP contribution in [-0.2, 0) is 16.5 Å². The number of fused-ring (bicyclic) bond motifs is 1. The summed E-state index contributed by atoms with van der Waals surface area (Å²) >= 11 is 12.3. The van der Waals surface area contributed by atoms with Crippen molar-refractivity contribution in [2.75, 3.05) is 11.9 Å². The van der Waals surface area contributed by atoms with Crippen molar-refractivity contribution in [3.05, 3.63) is 81.8 Å². The van der Waals surface area contributed by atoms with E-state index in [2.05, 4.69) is 15.5 Å². The SMILES string of the molecule is CCOc1ccc(NC(=O)c2cc3ccccc3c(N=Nc3cc(Cl)cc(S(=O)(=O)O)c3CC)c2[O-])cc1Cl.[Na+]. The fourth-order valence-electron chi connectivity index (χ4n) is 4.00. The van der Waals surface area contributed by atoms with Crippen LogP contribution in [0.3, 0.4) is 0 Å². The van der Waals surface area contributed by atoms with Crippen LogP contribution in [0.1, 0.15) is 29.8 Å². The van der Waals surface area contributed by atoms with E-state index in [1.807, 2.05) is 6.92 Å². The maximum absolute atomic E-state index is 13.5. The number of carbonyl (C=O) groups is 1. The van der Waals surface area contributed by atoms with Gasteiger partial charge in [0.15, 0.2) is 0 Å². The van der Waals surface area contributed by atoms with Crippen molar-refractivity contribution in [1.29, 1.82) is 0 Å². The van der Waals surface area contributed by atoms with Crippen LogP contribution in [0.2, 0.25) is 10.0 Å². The van der Waals surface area contributed by atoms with Gasteiger partial charge in [0.1, 0.15) is 10.6 Å². The molecular weight excluding hydrogens is 588 g/mol. The van der Waals surface area contributed by atoms with Gasteiger partial charge in [-0.3, -0.25) is 9.35 Å². The summed E-state index contributed by atoms with van der Waals surface area (Å²) in [4.78, 5) is 12.8. The molecule has 0 spiro atoms. The van der Waals surface area contributed by atoms with E-state index in [0.717, 1.165) is 6.07 Å². The van der Waals surface area contributed by atoms with Gasteiger partial charge in [0.25, 0.3) is 16.0 Å². The molecule has 0 fully saturated rings. The van der Waals surface area contributed by atoms with Gasteiger partial charge in [-0.15, -0.1) is 0 Å². The molecule has 2 N–H and O–H groups in total. The van der Waals surface area contributed by atoms with Crippen LogP contribution in [0.15, 0.2) is 75.8 Å². The molecule has 0 aliphatic rings. The molecule has 202 valence electrons. The zero-order valence-electron chi connectivity index (χ0n) is 21.7. The summed E-state index contributed by atoms with van der Waals surface area (Å²) in [6, 6.07) is 15.5. The van der Waals surface area contributed by atoms with Crippen LogP contribution in [0, 0.1) is 0 Å². The van der Waals surface area contributed by atoms with Gasteiger partial charge in [-0.1, -0.05) is 60.1 Å². The summed E-state index contributed by atoms with van der Waals surface area (Å²) < 4.78 is 38.8. The number of amides is 1. The second-order valence-corrected chi connectivity index (χ2v) is 10.5. The molecule has 0 radical (unpaired) electrons. The molecule has 0 aliphatic heterocycles. The Hall–Kier alpha value is -2.70. The molecule has 0 aliphatic carbocycles. The fraction of sp³-hybridized carbons (Fsp3) is 0.148. The molecule has 0 bridgehead atoms. The minimum absolute atomic E-state index is 0. The van der Waals surface area contributed by atoms with Crippen molar-refractivity contribution in [3.8, 4) is 11.5 Å². The molecule has 40 heavy (non-hydrogen) atoms. The van der Waals surface area contributed by atoms with Gasteiger partial charge >= 0.3 is 29.6 Å². The van der Waals surface area contributed by atoms with E-state index in [1.54, 1.807) is 43.3 Å². The quantitative estimate of drug-likeness (QED) is 0.175. The Balaban J connectivity index is 0.00000441. The standard InChI is InChI=1S/C27H23Cl2N3O6S.Na/c1-3-18-22(12-16(28)13-24(18)39(35,36)37)31-32-25-19-8-6-5-7-15(19)11-20(26(25)33)27(34)30-17-9-10-23(38-4-2)21(29)14-17;/h5-14,33H,3-4H2,1-2H3,(H,30,34)(H,35,36,37);/q;+1/p-1. The molecule has 0 unspecified atom stereocenters. The largest absolute Gasteiger partial charge is 1.00 e. The number of rotatable bonds is 8. The van der Waals surface area contributed by atoms with Crippen LogP contribution in [0.4, 0.5) is 17.1 Å². The normalized spacial score (nSPS) is 11.4. The summed E-state index contributed by atoms with van der Waals surface area (Å²) in [5.41, 5.74) is 0.267. The number of halogens is 2. The van der Waals surface area contributed by atoms with Crippen molar-refractivity contribution in [1.82, 2.24) is 0 Å². The number of azo groups is 1. The summed E-state index contributed by atoms with van der Waals surface area (Å²) in [7, 11) is -4.59. The number of hydrogen-bond acceptors (Lipinski definition) is 7. The van der Waals surface area contributed by atoms with E-state index in [1.165, 1.54) is 18.2 Å². The van der Waals surface area contributed by atoms with Gasteiger partial charge in [0.05, 0.1) is 23.0 Å². The number of nitrogens with zero attached hydrogens (tertiary/aromatic N) is 2. The Morgan fingerprint density at radius 2 is 1.77 bits per heavy atom. The zero-order valence-corrected chi connectivity index (χ0v) is 26.1. The Bertz CT molecular complexity index is 1730. The van der Waals surface area contributed by atoms with Crippen molar-refractivity contribution in [2.24, 2.45) is 10.2 Å². The summed E-state index contributed by atoms with van der Waals surface area (Å²) in [5.74, 6) is -0.921. The van der Waals surface area contributed by atoms with Crippen LogP contribution >= 0.6 is 23.2 Å². The van der Waals surface area contributed by atoms with Gasteiger partial charge in [-0.25, -0.2) is 0 Å². The molecule has 9 nitrogen and oxygen atoms in total.